The summed E-state index contributed by atoms with van der Waals surface area (Å²) in [4.78, 5) is 1.89. The first kappa shape index (κ1) is 6.95. The van der Waals surface area contributed by atoms with Crippen molar-refractivity contribution >= 4 is 0 Å². The highest BCUT2D eigenvalue weighted by Gasteiger charge is 2.19. The predicted molar refractivity (Wildman–Crippen MR) is 32.6 cm³/mol. The molecule has 1 saturated heterocycles. The lowest BCUT2D eigenvalue weighted by molar-refractivity contribution is 0.0319. The summed E-state index contributed by atoms with van der Waals surface area (Å²) < 4.78 is 5.01. The van der Waals surface area contributed by atoms with Gasteiger partial charge < -0.3 is 9.84 Å². The fourth-order valence-corrected chi connectivity index (χ4v) is 0.891. The maximum absolute atomic E-state index is 8.49. The van der Waals surface area contributed by atoms with Crippen molar-refractivity contribution in [3.05, 3.63) is 0 Å². The van der Waals surface area contributed by atoms with E-state index in [1.807, 2.05) is 4.90 Å². The Hall–Kier alpha value is -0.160. The summed E-state index contributed by atoms with van der Waals surface area (Å²) >= 11 is 0. The number of nitrogens with two attached hydrogens (primary N) is 1. The summed E-state index contributed by atoms with van der Waals surface area (Å²) in [5.74, 6) is 0. The van der Waals surface area contributed by atoms with Gasteiger partial charge in [-0.1, -0.05) is 0 Å². The molecule has 0 saturated carbocycles. The van der Waals surface area contributed by atoms with Gasteiger partial charge in [0.1, 0.15) is 0 Å². The maximum atomic E-state index is 8.49. The van der Waals surface area contributed by atoms with Crippen LogP contribution in [0, 0.1) is 0 Å². The molecule has 1 fully saturated rings. The first-order chi connectivity index (χ1) is 4.34. The van der Waals surface area contributed by atoms with Gasteiger partial charge in [0.05, 0.1) is 13.2 Å². The lowest BCUT2D eigenvalue weighted by atomic mass is 10.5. The zero-order valence-corrected chi connectivity index (χ0v) is 5.29. The maximum Gasteiger partial charge on any atom is 0.163 e. The number of β-amino-alcohol motifs (C(OH)–C–C–N with tert-alkyl or cyclic N) is 1. The van der Waals surface area contributed by atoms with E-state index in [1.54, 1.807) is 0 Å². The number of hydrogen-bond acceptors (Lipinski definition) is 4. The molecule has 0 spiro atoms. The van der Waals surface area contributed by atoms with Crippen LogP contribution in [0.4, 0.5) is 0 Å². The van der Waals surface area contributed by atoms with E-state index in [-0.39, 0.29) is 13.0 Å². The van der Waals surface area contributed by atoms with Gasteiger partial charge in [-0.2, -0.15) is 0 Å². The summed E-state index contributed by atoms with van der Waals surface area (Å²) in [5, 5.41) is 8.49. The summed E-state index contributed by atoms with van der Waals surface area (Å²) in [5.41, 5.74) is 5.46. The van der Waals surface area contributed by atoms with Crippen molar-refractivity contribution in [3.63, 3.8) is 0 Å². The molecule has 0 radical (unpaired) electrons. The molecule has 0 aromatic heterocycles. The monoisotopic (exact) mass is 132 g/mol. The average Bonchev–Trinajstić information content (AvgIpc) is 2.18. The molecule has 54 valence electrons. The second-order valence-corrected chi connectivity index (χ2v) is 2.02. The molecule has 3 N–H and O–H groups in total. The van der Waals surface area contributed by atoms with Gasteiger partial charge in [-0.05, 0) is 0 Å². The van der Waals surface area contributed by atoms with Gasteiger partial charge in [0.2, 0.25) is 0 Å². The Bertz CT molecular complexity index is 89.0. The van der Waals surface area contributed by atoms with Gasteiger partial charge in [0, 0.05) is 13.1 Å². The van der Waals surface area contributed by atoms with E-state index >= 15 is 0 Å². The Kier molecular flexibility index (Phi) is 2.41. The molecule has 4 nitrogen and oxygen atoms in total. The Morgan fingerprint density at radius 3 is 3.00 bits per heavy atom. The third-order valence-corrected chi connectivity index (χ3v) is 1.41. The predicted octanol–water partition coefficient (Wildman–Crippen LogP) is -1.45. The van der Waals surface area contributed by atoms with E-state index in [4.69, 9.17) is 15.6 Å². The molecule has 1 atom stereocenters. The fourth-order valence-electron chi connectivity index (χ4n) is 0.891. The molecule has 1 aliphatic rings. The molecule has 0 bridgehead atoms. The van der Waals surface area contributed by atoms with Crippen molar-refractivity contribution in [1.82, 2.24) is 4.90 Å². The lowest BCUT2D eigenvalue weighted by Crippen LogP contribution is -2.39. The molecular weight excluding hydrogens is 120 g/mol. The summed E-state index contributed by atoms with van der Waals surface area (Å²) in [6, 6.07) is 0. The molecule has 1 rings (SSSR count). The quantitative estimate of drug-likeness (QED) is 0.483. The highest BCUT2D eigenvalue weighted by molar-refractivity contribution is 4.63. The molecule has 0 amide bonds. The molecule has 9 heavy (non-hydrogen) atoms. The summed E-state index contributed by atoms with van der Waals surface area (Å²) in [6.45, 7) is 2.28. The minimum absolute atomic E-state index is 0.150. The van der Waals surface area contributed by atoms with Crippen LogP contribution >= 0.6 is 0 Å². The first-order valence-electron chi connectivity index (χ1n) is 3.06. The fraction of sp³-hybridized carbons (Fsp3) is 1.00. The standard InChI is InChI=1S/C5H12N2O2/c6-5-7(1-3-8)2-4-9-5/h5,8H,1-4,6H2. The van der Waals surface area contributed by atoms with Crippen molar-refractivity contribution in [2.24, 2.45) is 5.73 Å². The lowest BCUT2D eigenvalue weighted by Gasteiger charge is -2.16. The molecular formula is C5H12N2O2. The topological polar surface area (TPSA) is 58.7 Å². The van der Waals surface area contributed by atoms with Gasteiger partial charge in [0.15, 0.2) is 6.35 Å². The zero-order chi connectivity index (χ0) is 6.69. The molecule has 1 unspecified atom stereocenters. The largest absolute Gasteiger partial charge is 0.395 e. The van der Waals surface area contributed by atoms with E-state index in [2.05, 4.69) is 0 Å². The van der Waals surface area contributed by atoms with Crippen molar-refractivity contribution in [3.8, 4) is 0 Å². The van der Waals surface area contributed by atoms with Gasteiger partial charge in [-0.15, -0.1) is 0 Å². The first-order valence-corrected chi connectivity index (χ1v) is 3.06. The van der Waals surface area contributed by atoms with Gasteiger partial charge in [0.25, 0.3) is 0 Å². The third-order valence-electron chi connectivity index (χ3n) is 1.41. The van der Waals surface area contributed by atoms with E-state index in [9.17, 15) is 0 Å². The molecule has 1 heterocycles. The number of ether oxygens (including phenoxy) is 1. The highest BCUT2D eigenvalue weighted by Crippen LogP contribution is 2.02. The van der Waals surface area contributed by atoms with Gasteiger partial charge in [-0.25, -0.2) is 0 Å². The molecule has 0 aromatic carbocycles. The third kappa shape index (κ3) is 1.62. The van der Waals surface area contributed by atoms with E-state index in [1.165, 1.54) is 0 Å². The summed E-state index contributed by atoms with van der Waals surface area (Å²) in [6.07, 6.45) is -0.294. The second-order valence-electron chi connectivity index (χ2n) is 2.02. The Labute approximate surface area is 54.2 Å². The van der Waals surface area contributed by atoms with Crippen LogP contribution in [0.2, 0.25) is 0 Å². The SMILES string of the molecule is NC1OCCN1CCO. The van der Waals surface area contributed by atoms with Crippen molar-refractivity contribution in [2.75, 3.05) is 26.3 Å². The summed E-state index contributed by atoms with van der Waals surface area (Å²) in [7, 11) is 0. The Balaban J connectivity index is 2.22. The molecule has 4 heteroatoms. The molecule has 1 aliphatic heterocycles. The van der Waals surface area contributed by atoms with Crippen molar-refractivity contribution < 1.29 is 9.84 Å². The van der Waals surface area contributed by atoms with Crippen LogP contribution in [-0.2, 0) is 4.74 Å². The van der Waals surface area contributed by atoms with Crippen molar-refractivity contribution in [1.29, 1.82) is 0 Å². The number of aliphatic hydroxyl groups excluding tert-OH is 1. The number of nitrogens with zero attached hydrogens (tertiary/aromatic N) is 1. The molecule has 0 aromatic rings. The number of aliphatic hydroxyl groups is 1. The average molecular weight is 132 g/mol. The van der Waals surface area contributed by atoms with Crippen LogP contribution in [-0.4, -0.2) is 42.7 Å². The highest BCUT2D eigenvalue weighted by atomic mass is 16.5. The smallest absolute Gasteiger partial charge is 0.163 e. The normalized spacial score (nSPS) is 29.3. The van der Waals surface area contributed by atoms with E-state index in [0.29, 0.717) is 13.2 Å². The van der Waals surface area contributed by atoms with Crippen LogP contribution < -0.4 is 5.73 Å². The number of rotatable bonds is 2. The minimum atomic E-state index is -0.294. The van der Waals surface area contributed by atoms with Crippen LogP contribution in [0.1, 0.15) is 0 Å². The van der Waals surface area contributed by atoms with E-state index in [0.717, 1.165) is 6.54 Å². The van der Waals surface area contributed by atoms with Crippen molar-refractivity contribution in [2.45, 2.75) is 6.35 Å². The zero-order valence-electron chi connectivity index (χ0n) is 5.29. The minimum Gasteiger partial charge on any atom is -0.395 e. The molecule has 0 aliphatic carbocycles. The van der Waals surface area contributed by atoms with Crippen LogP contribution in [0.15, 0.2) is 0 Å². The van der Waals surface area contributed by atoms with Crippen LogP contribution in [0.25, 0.3) is 0 Å². The van der Waals surface area contributed by atoms with Crippen LogP contribution in [0.5, 0.6) is 0 Å². The van der Waals surface area contributed by atoms with Gasteiger partial charge in [-0.3, -0.25) is 10.6 Å². The Morgan fingerprint density at radius 1 is 1.78 bits per heavy atom. The van der Waals surface area contributed by atoms with E-state index < -0.39 is 0 Å². The second kappa shape index (κ2) is 3.12. The van der Waals surface area contributed by atoms with Crippen LogP contribution in [0.3, 0.4) is 0 Å². The number of hydrogen-bond donors (Lipinski definition) is 2. The Morgan fingerprint density at radius 2 is 2.56 bits per heavy atom. The van der Waals surface area contributed by atoms with Gasteiger partial charge >= 0.3 is 0 Å².